The number of carbonyl (C=O) groups is 1. The highest BCUT2D eigenvalue weighted by atomic mass is 35.5. The molecule has 4 aliphatic rings. The molecule has 27 heavy (non-hydrogen) atoms. The largest absolute Gasteiger partial charge is 0.497 e. The second-order valence-corrected chi connectivity index (χ2v) is 9.65. The molecule has 148 valence electrons. The number of carbonyl (C=O) groups excluding carboxylic acids is 1. The van der Waals surface area contributed by atoms with Gasteiger partial charge in [0.05, 0.1) is 12.1 Å². The third kappa shape index (κ3) is 3.52. The van der Waals surface area contributed by atoms with E-state index in [0.29, 0.717) is 28.4 Å². The molecule has 0 spiro atoms. The molecule has 0 saturated heterocycles. The maximum Gasteiger partial charge on any atom is 0.263 e. The normalized spacial score (nSPS) is 34.4. The molecule has 0 heterocycles. The number of hydrogen-bond acceptors (Lipinski definition) is 4. The summed E-state index contributed by atoms with van der Waals surface area (Å²) in [6.07, 6.45) is 5.58. The van der Waals surface area contributed by atoms with E-state index in [1.807, 2.05) is 0 Å². The fraction of sp³-hybridized carbons (Fsp3) is 0.667. The van der Waals surface area contributed by atoms with Gasteiger partial charge in [-0.1, -0.05) is 11.6 Å². The van der Waals surface area contributed by atoms with Crippen LogP contribution in [0.4, 0.5) is 0 Å². The molecule has 3 unspecified atom stereocenters. The van der Waals surface area contributed by atoms with Crippen LogP contribution in [0.2, 0.25) is 5.02 Å². The topological polar surface area (TPSA) is 73.6 Å². The van der Waals surface area contributed by atoms with Crippen molar-refractivity contribution >= 4 is 17.5 Å². The quantitative estimate of drug-likeness (QED) is 0.803. The number of methoxy groups -OCH3 is 1. The third-order valence-corrected chi connectivity index (χ3v) is 6.96. The number of hydrogen-bond donors (Lipinski definition) is 2. The van der Waals surface area contributed by atoms with E-state index in [1.165, 1.54) is 12.8 Å². The third-order valence-electron chi connectivity index (χ3n) is 6.67. The number of nitrogens with one attached hydrogen (secondary N) is 1. The minimum atomic E-state index is -1.02. The lowest BCUT2D eigenvalue weighted by atomic mass is 9.51. The molecule has 5 atom stereocenters. The maximum absolute atomic E-state index is 13.0. The number of benzene rings is 1. The molecule has 4 bridgehead atoms. The standard InChI is InChI=1S/C21H29ClN2O3/c1-20(2,27-17-5-4-15(26-3)8-16(17)22)19(25)24-18-13-6-12-7-14(18)11-21(23,9-12)10-13/h4-5,8,12-14,18H,6-7,9-11,23H2,1-3H3,(H,24,25)/t12?,13-,14+,18?,21?. The fourth-order valence-electron chi connectivity index (χ4n) is 5.66. The fourth-order valence-corrected chi connectivity index (χ4v) is 5.87. The van der Waals surface area contributed by atoms with Crippen LogP contribution in [0.25, 0.3) is 0 Å². The van der Waals surface area contributed by atoms with Gasteiger partial charge in [-0.2, -0.15) is 0 Å². The van der Waals surface area contributed by atoms with Crippen LogP contribution in [0, 0.1) is 17.8 Å². The van der Waals surface area contributed by atoms with Crippen LogP contribution >= 0.6 is 11.6 Å². The minimum Gasteiger partial charge on any atom is -0.497 e. The zero-order valence-corrected chi connectivity index (χ0v) is 17.0. The Morgan fingerprint density at radius 2 is 1.93 bits per heavy atom. The second kappa shape index (κ2) is 6.56. The minimum absolute atomic E-state index is 0.000363. The first-order valence-electron chi connectivity index (χ1n) is 9.81. The molecule has 1 aromatic rings. The van der Waals surface area contributed by atoms with Crippen molar-refractivity contribution in [1.29, 1.82) is 0 Å². The van der Waals surface area contributed by atoms with Crippen molar-refractivity contribution in [2.75, 3.05) is 7.11 Å². The summed E-state index contributed by atoms with van der Waals surface area (Å²) in [6, 6.07) is 5.40. The summed E-state index contributed by atoms with van der Waals surface area (Å²) in [7, 11) is 1.58. The zero-order chi connectivity index (χ0) is 19.4. The van der Waals surface area contributed by atoms with Crippen molar-refractivity contribution in [1.82, 2.24) is 5.32 Å². The molecule has 5 rings (SSSR count). The van der Waals surface area contributed by atoms with Crippen molar-refractivity contribution in [2.45, 2.75) is 63.1 Å². The Labute approximate surface area is 165 Å². The molecular weight excluding hydrogens is 364 g/mol. The highest BCUT2D eigenvalue weighted by Crippen LogP contribution is 2.54. The van der Waals surface area contributed by atoms with Crippen molar-refractivity contribution < 1.29 is 14.3 Å². The van der Waals surface area contributed by atoms with Gasteiger partial charge < -0.3 is 20.5 Å². The summed E-state index contributed by atoms with van der Waals surface area (Å²) in [5.41, 5.74) is 5.56. The number of amides is 1. The van der Waals surface area contributed by atoms with Crippen LogP contribution < -0.4 is 20.5 Å². The van der Waals surface area contributed by atoms with Gasteiger partial charge in [0.15, 0.2) is 5.60 Å². The van der Waals surface area contributed by atoms with Crippen molar-refractivity contribution in [3.05, 3.63) is 23.2 Å². The first-order chi connectivity index (χ1) is 12.7. The van der Waals surface area contributed by atoms with Crippen LogP contribution in [0.3, 0.4) is 0 Å². The van der Waals surface area contributed by atoms with E-state index < -0.39 is 5.60 Å². The van der Waals surface area contributed by atoms with Crippen LogP contribution in [-0.4, -0.2) is 30.2 Å². The molecule has 4 aliphatic carbocycles. The number of halogens is 1. The van der Waals surface area contributed by atoms with Gasteiger partial charge in [-0.3, -0.25) is 4.79 Å². The van der Waals surface area contributed by atoms with Crippen molar-refractivity contribution in [2.24, 2.45) is 23.5 Å². The van der Waals surface area contributed by atoms with Crippen LogP contribution in [0.15, 0.2) is 18.2 Å². The molecule has 1 amide bonds. The Balaban J connectivity index is 1.44. The predicted octanol–water partition coefficient (Wildman–Crippen LogP) is 3.53. The summed E-state index contributed by atoms with van der Waals surface area (Å²) < 4.78 is 11.1. The van der Waals surface area contributed by atoms with Gasteiger partial charge in [0.2, 0.25) is 0 Å². The Morgan fingerprint density at radius 1 is 1.26 bits per heavy atom. The van der Waals surface area contributed by atoms with E-state index in [2.05, 4.69) is 5.32 Å². The highest BCUT2D eigenvalue weighted by molar-refractivity contribution is 6.32. The molecular formula is C21H29ClN2O3. The Morgan fingerprint density at radius 3 is 2.48 bits per heavy atom. The van der Waals surface area contributed by atoms with Gasteiger partial charge >= 0.3 is 0 Å². The zero-order valence-electron chi connectivity index (χ0n) is 16.3. The van der Waals surface area contributed by atoms with Gasteiger partial charge in [0.25, 0.3) is 5.91 Å². The first kappa shape index (κ1) is 18.9. The van der Waals surface area contributed by atoms with E-state index in [4.69, 9.17) is 26.8 Å². The Bertz CT molecular complexity index is 735. The van der Waals surface area contributed by atoms with E-state index in [-0.39, 0.29) is 17.5 Å². The van der Waals surface area contributed by atoms with Crippen molar-refractivity contribution in [3.8, 4) is 11.5 Å². The van der Waals surface area contributed by atoms with E-state index in [0.717, 1.165) is 25.2 Å². The molecule has 0 radical (unpaired) electrons. The number of nitrogens with two attached hydrogens (primary N) is 1. The molecule has 1 aromatic carbocycles. The molecule has 0 aromatic heterocycles. The molecule has 4 saturated carbocycles. The average molecular weight is 393 g/mol. The molecule has 0 aliphatic heterocycles. The summed E-state index contributed by atoms with van der Waals surface area (Å²) in [5.74, 6) is 2.75. The van der Waals surface area contributed by atoms with Crippen LogP contribution in [0.1, 0.15) is 46.0 Å². The lowest BCUT2D eigenvalue weighted by Gasteiger charge is -2.59. The smallest absolute Gasteiger partial charge is 0.263 e. The van der Waals surface area contributed by atoms with Gasteiger partial charge in [-0.05, 0) is 75.8 Å². The van der Waals surface area contributed by atoms with Gasteiger partial charge in [0.1, 0.15) is 11.5 Å². The lowest BCUT2D eigenvalue weighted by Crippen LogP contribution is -2.66. The monoisotopic (exact) mass is 392 g/mol. The van der Waals surface area contributed by atoms with E-state index in [9.17, 15) is 4.79 Å². The summed E-state index contributed by atoms with van der Waals surface area (Å²) in [6.45, 7) is 3.56. The average Bonchev–Trinajstić information content (AvgIpc) is 2.58. The molecule has 6 heteroatoms. The number of rotatable bonds is 5. The van der Waals surface area contributed by atoms with Gasteiger partial charge in [-0.25, -0.2) is 0 Å². The highest BCUT2D eigenvalue weighted by Gasteiger charge is 2.54. The summed E-state index contributed by atoms with van der Waals surface area (Å²) in [5, 5.41) is 3.72. The van der Waals surface area contributed by atoms with Crippen LogP contribution in [-0.2, 0) is 4.79 Å². The molecule has 5 nitrogen and oxygen atoms in total. The predicted molar refractivity (Wildman–Crippen MR) is 105 cm³/mol. The lowest BCUT2D eigenvalue weighted by molar-refractivity contribution is -0.138. The molecule has 4 fully saturated rings. The second-order valence-electron chi connectivity index (χ2n) is 9.24. The van der Waals surface area contributed by atoms with Crippen molar-refractivity contribution in [3.63, 3.8) is 0 Å². The van der Waals surface area contributed by atoms with Crippen LogP contribution in [0.5, 0.6) is 11.5 Å². The summed E-state index contributed by atoms with van der Waals surface area (Å²) in [4.78, 5) is 13.0. The first-order valence-corrected chi connectivity index (χ1v) is 10.2. The SMILES string of the molecule is COc1ccc(OC(C)(C)C(=O)NC2[C@@H]3CC4C[C@H]2CC(N)(C4)C3)c(Cl)c1. The Kier molecular flexibility index (Phi) is 4.59. The summed E-state index contributed by atoms with van der Waals surface area (Å²) >= 11 is 6.27. The van der Waals surface area contributed by atoms with Gasteiger partial charge in [0, 0.05) is 17.6 Å². The van der Waals surface area contributed by atoms with E-state index >= 15 is 0 Å². The van der Waals surface area contributed by atoms with E-state index in [1.54, 1.807) is 39.2 Å². The number of ether oxygens (including phenoxy) is 2. The molecule has 3 N–H and O–H groups in total. The Hall–Kier alpha value is -1.46. The van der Waals surface area contributed by atoms with Gasteiger partial charge in [-0.15, -0.1) is 0 Å². The maximum atomic E-state index is 13.0.